The predicted octanol–water partition coefficient (Wildman–Crippen LogP) is 10.5. The average Bonchev–Trinajstić information content (AvgIpc) is 3.45. The van der Waals surface area contributed by atoms with Gasteiger partial charge in [0.1, 0.15) is 41.2 Å². The molecular formula is C37H26Br2N2O4. The van der Waals surface area contributed by atoms with Crippen LogP contribution in [0.2, 0.25) is 0 Å². The number of aliphatic imine (C=N–C) groups is 1. The molecule has 5 aromatic carbocycles. The molecule has 0 N–H and O–H groups in total. The van der Waals surface area contributed by atoms with Crippen LogP contribution >= 0.6 is 31.9 Å². The molecule has 0 atom stereocenters. The summed E-state index contributed by atoms with van der Waals surface area (Å²) in [5.74, 6) is 2.85. The molecule has 1 aromatic heterocycles. The number of fused-ring (bicyclic) bond motifs is 1. The zero-order chi connectivity index (χ0) is 31.3. The summed E-state index contributed by atoms with van der Waals surface area (Å²) in [5.41, 5.74) is 4.45. The second kappa shape index (κ2) is 13.4. The zero-order valence-corrected chi connectivity index (χ0v) is 27.6. The van der Waals surface area contributed by atoms with Crippen LogP contribution in [0, 0.1) is 11.3 Å². The van der Waals surface area contributed by atoms with Crippen molar-refractivity contribution >= 4 is 54.7 Å². The Morgan fingerprint density at radius 3 is 2.07 bits per heavy atom. The van der Waals surface area contributed by atoms with E-state index in [2.05, 4.69) is 67.2 Å². The summed E-state index contributed by atoms with van der Waals surface area (Å²) >= 11 is 7.33. The number of hydrogen-bond acceptors (Lipinski definition) is 6. The molecule has 6 aromatic rings. The summed E-state index contributed by atoms with van der Waals surface area (Å²) in [6.45, 7) is 0.409. The number of nitriles is 1. The van der Waals surface area contributed by atoms with Gasteiger partial charge in [0.15, 0.2) is 0 Å². The fraction of sp³-hybridized carbons (Fsp3) is 0.0811. The Kier molecular flexibility index (Phi) is 9.01. The standard InChI is InChI=1S/C37H26Br2N2O4/c1-42-28-14-10-25(11-15-28)34-31(20-40)37(45-35(34)26-12-16-29(43-2)17-13-26)41-21-23-18-32(38)36(33(39)19-23)44-22-27-8-5-7-24-6-3-4-9-30(24)27/h3-19,21H,22H2,1-2H3. The molecule has 222 valence electrons. The zero-order valence-electron chi connectivity index (χ0n) is 24.4. The van der Waals surface area contributed by atoms with Gasteiger partial charge < -0.3 is 18.6 Å². The van der Waals surface area contributed by atoms with Crippen molar-refractivity contribution in [3.63, 3.8) is 0 Å². The Morgan fingerprint density at radius 2 is 1.42 bits per heavy atom. The maximum absolute atomic E-state index is 10.3. The molecule has 0 radical (unpaired) electrons. The topological polar surface area (TPSA) is 77.0 Å². The summed E-state index contributed by atoms with van der Waals surface area (Å²) < 4.78 is 24.7. The minimum atomic E-state index is 0.206. The molecule has 0 aliphatic heterocycles. The molecule has 0 fully saturated rings. The average molecular weight is 722 g/mol. The van der Waals surface area contributed by atoms with Crippen LogP contribution in [0.1, 0.15) is 16.7 Å². The van der Waals surface area contributed by atoms with Crippen LogP contribution < -0.4 is 14.2 Å². The molecule has 0 spiro atoms. The molecular weight excluding hydrogens is 696 g/mol. The Labute approximate surface area is 277 Å². The maximum Gasteiger partial charge on any atom is 0.238 e. The lowest BCUT2D eigenvalue weighted by Crippen LogP contribution is -1.98. The van der Waals surface area contributed by atoms with Crippen molar-refractivity contribution in [3.05, 3.63) is 129 Å². The first kappa shape index (κ1) is 30.2. The molecule has 0 amide bonds. The van der Waals surface area contributed by atoms with Crippen molar-refractivity contribution in [3.8, 4) is 45.8 Å². The van der Waals surface area contributed by atoms with Crippen LogP contribution in [-0.4, -0.2) is 20.4 Å². The van der Waals surface area contributed by atoms with E-state index >= 15 is 0 Å². The largest absolute Gasteiger partial charge is 0.497 e. The van der Waals surface area contributed by atoms with E-state index in [0.717, 1.165) is 42.3 Å². The summed E-state index contributed by atoms with van der Waals surface area (Å²) in [6, 6.07) is 35.6. The number of nitrogens with zero attached hydrogens (tertiary/aromatic N) is 2. The first-order chi connectivity index (χ1) is 22.0. The van der Waals surface area contributed by atoms with E-state index in [-0.39, 0.29) is 5.88 Å². The highest BCUT2D eigenvalue weighted by Crippen LogP contribution is 2.43. The van der Waals surface area contributed by atoms with Crippen LogP contribution in [0.15, 0.2) is 121 Å². The van der Waals surface area contributed by atoms with Gasteiger partial charge in [0.2, 0.25) is 5.88 Å². The van der Waals surface area contributed by atoms with E-state index in [0.29, 0.717) is 35.0 Å². The first-order valence-corrected chi connectivity index (χ1v) is 15.6. The molecule has 0 saturated carbocycles. The minimum absolute atomic E-state index is 0.206. The van der Waals surface area contributed by atoms with Gasteiger partial charge in [-0.2, -0.15) is 5.26 Å². The summed E-state index contributed by atoms with van der Waals surface area (Å²) in [5, 5.41) is 12.6. The lowest BCUT2D eigenvalue weighted by Gasteiger charge is -2.13. The van der Waals surface area contributed by atoms with E-state index in [1.54, 1.807) is 20.4 Å². The van der Waals surface area contributed by atoms with E-state index in [9.17, 15) is 5.26 Å². The molecule has 8 heteroatoms. The van der Waals surface area contributed by atoms with Crippen molar-refractivity contribution in [1.29, 1.82) is 5.26 Å². The SMILES string of the molecule is COc1ccc(-c2oc(N=Cc3cc(Br)c(OCc4cccc5ccccc45)c(Br)c3)c(C#N)c2-c2ccc(OC)cc2)cc1. The summed E-state index contributed by atoms with van der Waals surface area (Å²) in [4.78, 5) is 4.64. The Hall–Kier alpha value is -4.84. The molecule has 6 nitrogen and oxygen atoms in total. The van der Waals surface area contributed by atoms with Crippen LogP contribution in [0.25, 0.3) is 33.2 Å². The second-order valence-electron chi connectivity index (χ2n) is 10.1. The van der Waals surface area contributed by atoms with Gasteiger partial charge in [0, 0.05) is 17.3 Å². The maximum atomic E-state index is 10.3. The third kappa shape index (κ3) is 6.37. The normalized spacial score (nSPS) is 11.1. The lowest BCUT2D eigenvalue weighted by molar-refractivity contribution is 0.303. The molecule has 45 heavy (non-hydrogen) atoms. The molecule has 0 saturated heterocycles. The van der Waals surface area contributed by atoms with Gasteiger partial charge in [0.25, 0.3) is 0 Å². The number of ether oxygens (including phenoxy) is 3. The number of furan rings is 1. The van der Waals surface area contributed by atoms with Crippen LogP contribution in [0.5, 0.6) is 17.2 Å². The molecule has 0 bridgehead atoms. The van der Waals surface area contributed by atoms with Gasteiger partial charge in [-0.1, -0.05) is 54.6 Å². The number of halogens is 2. The second-order valence-corrected chi connectivity index (χ2v) is 11.8. The Bertz CT molecular complexity index is 2030. The number of benzene rings is 5. The summed E-state index contributed by atoms with van der Waals surface area (Å²) in [7, 11) is 3.23. The smallest absolute Gasteiger partial charge is 0.238 e. The van der Waals surface area contributed by atoms with Crippen LogP contribution in [0.3, 0.4) is 0 Å². The highest BCUT2D eigenvalue weighted by molar-refractivity contribution is 9.11. The quantitative estimate of drug-likeness (QED) is 0.139. The number of hydrogen-bond donors (Lipinski definition) is 0. The van der Waals surface area contributed by atoms with Crippen molar-refractivity contribution < 1.29 is 18.6 Å². The third-order valence-corrected chi connectivity index (χ3v) is 8.51. The molecule has 0 unspecified atom stereocenters. The molecule has 1 heterocycles. The highest BCUT2D eigenvalue weighted by atomic mass is 79.9. The first-order valence-electron chi connectivity index (χ1n) is 14.0. The van der Waals surface area contributed by atoms with Gasteiger partial charge in [-0.15, -0.1) is 0 Å². The predicted molar refractivity (Wildman–Crippen MR) is 185 cm³/mol. The molecule has 0 aliphatic carbocycles. The monoisotopic (exact) mass is 720 g/mol. The Balaban J connectivity index is 1.32. The summed E-state index contributed by atoms with van der Waals surface area (Å²) in [6.07, 6.45) is 1.67. The molecule has 6 rings (SSSR count). The Morgan fingerprint density at radius 1 is 0.800 bits per heavy atom. The van der Waals surface area contributed by atoms with Crippen molar-refractivity contribution in [2.24, 2.45) is 4.99 Å². The van der Waals surface area contributed by atoms with Gasteiger partial charge in [-0.3, -0.25) is 0 Å². The fourth-order valence-electron chi connectivity index (χ4n) is 5.09. The fourth-order valence-corrected chi connectivity index (χ4v) is 6.54. The van der Waals surface area contributed by atoms with Crippen molar-refractivity contribution in [2.75, 3.05) is 14.2 Å². The van der Waals surface area contributed by atoms with E-state index < -0.39 is 0 Å². The van der Waals surface area contributed by atoms with E-state index in [1.165, 1.54) is 5.39 Å². The number of methoxy groups -OCH3 is 2. The minimum Gasteiger partial charge on any atom is -0.497 e. The van der Waals surface area contributed by atoms with Gasteiger partial charge in [-0.25, -0.2) is 4.99 Å². The van der Waals surface area contributed by atoms with Crippen molar-refractivity contribution in [1.82, 2.24) is 0 Å². The van der Waals surface area contributed by atoms with Gasteiger partial charge in [0.05, 0.1) is 23.2 Å². The van der Waals surface area contributed by atoms with Crippen LogP contribution in [-0.2, 0) is 6.61 Å². The third-order valence-electron chi connectivity index (χ3n) is 7.34. The number of rotatable bonds is 9. The van der Waals surface area contributed by atoms with Gasteiger partial charge in [-0.05, 0) is 108 Å². The van der Waals surface area contributed by atoms with E-state index in [1.807, 2.05) is 78.9 Å². The van der Waals surface area contributed by atoms with E-state index in [4.69, 9.17) is 18.6 Å². The lowest BCUT2D eigenvalue weighted by atomic mass is 9.98. The highest BCUT2D eigenvalue weighted by Gasteiger charge is 2.23. The van der Waals surface area contributed by atoms with Gasteiger partial charge >= 0.3 is 0 Å². The van der Waals surface area contributed by atoms with Crippen molar-refractivity contribution in [2.45, 2.75) is 6.61 Å². The van der Waals surface area contributed by atoms with Crippen LogP contribution in [0.4, 0.5) is 5.88 Å². The molecule has 0 aliphatic rings.